The second-order valence-electron chi connectivity index (χ2n) is 4.54. The van der Waals surface area contributed by atoms with Gasteiger partial charge in [-0.2, -0.15) is 0 Å². The third-order valence-electron chi connectivity index (χ3n) is 3.03. The Labute approximate surface area is 111 Å². The molecule has 0 saturated heterocycles. The predicted octanol–water partition coefficient (Wildman–Crippen LogP) is -0.277. The Morgan fingerprint density at radius 1 is 1.42 bits per heavy atom. The summed E-state index contributed by atoms with van der Waals surface area (Å²) in [4.78, 5) is 29.9. The fourth-order valence-corrected chi connectivity index (χ4v) is 1.45. The van der Waals surface area contributed by atoms with E-state index in [1.54, 1.807) is 6.20 Å². The van der Waals surface area contributed by atoms with Crippen LogP contribution in [0.5, 0.6) is 0 Å². The Morgan fingerprint density at radius 3 is 2.63 bits per heavy atom. The van der Waals surface area contributed by atoms with Gasteiger partial charge in [0.25, 0.3) is 0 Å². The molecule has 0 aliphatic heterocycles. The smallest absolute Gasteiger partial charge is 0.330 e. The van der Waals surface area contributed by atoms with Crippen molar-refractivity contribution in [2.75, 3.05) is 0 Å². The molecule has 0 saturated carbocycles. The van der Waals surface area contributed by atoms with Crippen LogP contribution in [0.1, 0.15) is 26.0 Å². The molecule has 0 bridgehead atoms. The number of nitrogens with one attached hydrogen (secondary N) is 1. The van der Waals surface area contributed by atoms with Crippen molar-refractivity contribution in [1.29, 1.82) is 0 Å². The summed E-state index contributed by atoms with van der Waals surface area (Å²) in [5.41, 5.74) is 12.0. The van der Waals surface area contributed by atoms with Gasteiger partial charge in [0.2, 0.25) is 0 Å². The second kappa shape index (κ2) is 7.01. The van der Waals surface area contributed by atoms with Crippen molar-refractivity contribution in [1.82, 2.24) is 9.97 Å². The van der Waals surface area contributed by atoms with Crippen LogP contribution in [0.15, 0.2) is 12.5 Å². The third kappa shape index (κ3) is 4.46. The molecule has 0 radical (unpaired) electrons. The number of ether oxygens (including phenoxy) is 1. The second-order valence-corrected chi connectivity index (χ2v) is 4.54. The molecule has 3 atom stereocenters. The van der Waals surface area contributed by atoms with Crippen LogP contribution in [0, 0.1) is 5.92 Å². The zero-order valence-electron chi connectivity index (χ0n) is 11.1. The zero-order chi connectivity index (χ0) is 14.4. The van der Waals surface area contributed by atoms with Crippen molar-refractivity contribution in [3.05, 3.63) is 18.2 Å². The molecule has 1 heterocycles. The first-order valence-electron chi connectivity index (χ1n) is 6.19. The highest BCUT2D eigenvalue weighted by atomic mass is 16.6. The van der Waals surface area contributed by atoms with Gasteiger partial charge in [0.1, 0.15) is 12.1 Å². The van der Waals surface area contributed by atoms with E-state index in [1.807, 2.05) is 13.8 Å². The summed E-state index contributed by atoms with van der Waals surface area (Å²) in [5, 5.41) is 0. The minimum atomic E-state index is -0.923. The number of nitrogens with two attached hydrogens (primary N) is 2. The fourth-order valence-electron chi connectivity index (χ4n) is 1.45. The lowest BCUT2D eigenvalue weighted by Crippen LogP contribution is -2.43. The van der Waals surface area contributed by atoms with E-state index in [-0.39, 0.29) is 12.3 Å². The number of rotatable bonds is 6. The van der Waals surface area contributed by atoms with Crippen LogP contribution in [0.4, 0.5) is 0 Å². The molecule has 0 amide bonds. The molecule has 0 spiro atoms. The van der Waals surface area contributed by atoms with Crippen LogP contribution in [0.2, 0.25) is 0 Å². The van der Waals surface area contributed by atoms with Crippen LogP contribution >= 0.6 is 0 Å². The first-order chi connectivity index (χ1) is 8.95. The summed E-state index contributed by atoms with van der Waals surface area (Å²) in [5.74, 6) is -1.57. The van der Waals surface area contributed by atoms with Gasteiger partial charge in [-0.3, -0.25) is 0 Å². The van der Waals surface area contributed by atoms with Crippen molar-refractivity contribution < 1.29 is 14.3 Å². The van der Waals surface area contributed by atoms with Crippen LogP contribution in [-0.2, 0) is 20.7 Å². The lowest BCUT2D eigenvalue weighted by molar-refractivity contribution is -0.162. The molecule has 19 heavy (non-hydrogen) atoms. The number of carbonyl (C=O) groups excluding carboxylic acids is 2. The summed E-state index contributed by atoms with van der Waals surface area (Å²) in [6.07, 6.45) is 3.99. The molecule has 0 aromatic carbocycles. The summed E-state index contributed by atoms with van der Waals surface area (Å²) < 4.78 is 4.68. The van der Waals surface area contributed by atoms with Crippen LogP contribution < -0.4 is 11.5 Å². The number of hydrogen-bond donors (Lipinski definition) is 3. The molecule has 7 heteroatoms. The highest BCUT2D eigenvalue weighted by molar-refractivity contribution is 5.90. The van der Waals surface area contributed by atoms with E-state index in [0.717, 1.165) is 6.42 Å². The summed E-state index contributed by atoms with van der Waals surface area (Å²) in [6, 6.07) is -1.73. The Morgan fingerprint density at radius 2 is 2.11 bits per heavy atom. The van der Waals surface area contributed by atoms with Crippen molar-refractivity contribution in [3.8, 4) is 0 Å². The zero-order valence-corrected chi connectivity index (χ0v) is 11.1. The molecule has 3 unspecified atom stereocenters. The molecular formula is C12H20N4O3. The Hall–Kier alpha value is -1.73. The average Bonchev–Trinajstić information content (AvgIpc) is 2.89. The average molecular weight is 268 g/mol. The maximum absolute atomic E-state index is 11.6. The van der Waals surface area contributed by atoms with Gasteiger partial charge < -0.3 is 21.2 Å². The van der Waals surface area contributed by atoms with E-state index in [2.05, 4.69) is 14.7 Å². The van der Waals surface area contributed by atoms with Crippen molar-refractivity contribution >= 4 is 11.9 Å². The Bertz CT molecular complexity index is 419. The normalized spacial score (nSPS) is 15.6. The number of esters is 2. The topological polar surface area (TPSA) is 124 Å². The lowest BCUT2D eigenvalue weighted by atomic mass is 10.0. The SMILES string of the molecule is CCC(C)C(N)C(=O)OC(=O)C(N)Cc1cnc[nH]1. The molecule has 5 N–H and O–H groups in total. The number of aromatic amines is 1. The third-order valence-corrected chi connectivity index (χ3v) is 3.03. The summed E-state index contributed by atoms with van der Waals surface area (Å²) >= 11 is 0. The van der Waals surface area contributed by atoms with Crippen molar-refractivity contribution in [2.24, 2.45) is 17.4 Å². The number of carbonyl (C=O) groups is 2. The van der Waals surface area contributed by atoms with Gasteiger partial charge in [-0.15, -0.1) is 0 Å². The molecule has 7 nitrogen and oxygen atoms in total. The largest absolute Gasteiger partial charge is 0.391 e. The van der Waals surface area contributed by atoms with Gasteiger partial charge in [0.05, 0.1) is 6.33 Å². The number of nitrogens with zero attached hydrogens (tertiary/aromatic N) is 1. The van der Waals surface area contributed by atoms with Gasteiger partial charge in [-0.1, -0.05) is 20.3 Å². The number of H-pyrrole nitrogens is 1. The maximum Gasteiger partial charge on any atom is 0.330 e. The molecule has 1 rings (SSSR count). The van der Waals surface area contributed by atoms with Crippen LogP contribution in [0.3, 0.4) is 0 Å². The minimum Gasteiger partial charge on any atom is -0.391 e. The number of hydrogen-bond acceptors (Lipinski definition) is 6. The molecular weight excluding hydrogens is 248 g/mol. The van der Waals surface area contributed by atoms with Crippen LogP contribution in [0.25, 0.3) is 0 Å². The standard InChI is InChI=1S/C12H20N4O3/c1-3-7(2)10(14)12(18)19-11(17)9(13)4-8-5-15-6-16-8/h5-7,9-10H,3-4,13-14H2,1-2H3,(H,15,16). The summed E-state index contributed by atoms with van der Waals surface area (Å²) in [7, 11) is 0. The Balaban J connectivity index is 2.47. The van der Waals surface area contributed by atoms with Gasteiger partial charge in [-0.25, -0.2) is 14.6 Å². The van der Waals surface area contributed by atoms with Crippen LogP contribution in [-0.4, -0.2) is 34.0 Å². The fraction of sp³-hybridized carbons (Fsp3) is 0.583. The van der Waals surface area contributed by atoms with Gasteiger partial charge >= 0.3 is 11.9 Å². The van der Waals surface area contributed by atoms with Gasteiger partial charge in [0, 0.05) is 18.3 Å². The van der Waals surface area contributed by atoms with E-state index in [0.29, 0.717) is 5.69 Å². The molecule has 106 valence electrons. The van der Waals surface area contributed by atoms with E-state index in [1.165, 1.54) is 6.33 Å². The lowest BCUT2D eigenvalue weighted by Gasteiger charge is -2.17. The molecule has 0 fully saturated rings. The predicted molar refractivity (Wildman–Crippen MR) is 68.8 cm³/mol. The molecule has 1 aromatic rings. The van der Waals surface area contributed by atoms with Crippen molar-refractivity contribution in [2.45, 2.75) is 38.8 Å². The van der Waals surface area contributed by atoms with E-state index < -0.39 is 24.0 Å². The maximum atomic E-state index is 11.6. The van der Waals surface area contributed by atoms with E-state index in [9.17, 15) is 9.59 Å². The monoisotopic (exact) mass is 268 g/mol. The van der Waals surface area contributed by atoms with Gasteiger partial charge in [-0.05, 0) is 5.92 Å². The van der Waals surface area contributed by atoms with Gasteiger partial charge in [0.15, 0.2) is 0 Å². The molecule has 1 aromatic heterocycles. The van der Waals surface area contributed by atoms with E-state index >= 15 is 0 Å². The quantitative estimate of drug-likeness (QED) is 0.481. The highest BCUT2D eigenvalue weighted by Crippen LogP contribution is 2.07. The minimum absolute atomic E-state index is 0.0517. The number of aromatic nitrogens is 2. The van der Waals surface area contributed by atoms with E-state index in [4.69, 9.17) is 11.5 Å². The molecule has 0 aliphatic rings. The number of imidazole rings is 1. The first kappa shape index (κ1) is 15.3. The highest BCUT2D eigenvalue weighted by Gasteiger charge is 2.26. The first-order valence-corrected chi connectivity index (χ1v) is 6.19. The van der Waals surface area contributed by atoms with Crippen molar-refractivity contribution in [3.63, 3.8) is 0 Å². The Kier molecular flexibility index (Phi) is 5.65. The summed E-state index contributed by atoms with van der Waals surface area (Å²) in [6.45, 7) is 3.73. The molecule has 0 aliphatic carbocycles.